The Balaban J connectivity index is 2.26. The Morgan fingerprint density at radius 2 is 1.81 bits per heavy atom. The van der Waals surface area contributed by atoms with Gasteiger partial charge < -0.3 is 10.1 Å². The number of benzene rings is 2. The molecule has 1 N–H and O–H groups in total. The van der Waals surface area contributed by atoms with Crippen LogP contribution >= 0.6 is 0 Å². The van der Waals surface area contributed by atoms with Gasteiger partial charge in [0.05, 0.1) is 18.0 Å². The second-order valence-electron chi connectivity index (χ2n) is 4.91. The van der Waals surface area contributed by atoms with Crippen molar-refractivity contribution in [3.8, 4) is 5.75 Å². The van der Waals surface area contributed by atoms with Crippen molar-refractivity contribution < 1.29 is 13.2 Å². The summed E-state index contributed by atoms with van der Waals surface area (Å²) >= 11 is 0. The normalized spacial score (nSPS) is 12.7. The molecule has 112 valence electrons. The van der Waals surface area contributed by atoms with Crippen LogP contribution in [0.5, 0.6) is 5.75 Å². The number of methoxy groups -OCH3 is 1. The summed E-state index contributed by atoms with van der Waals surface area (Å²) < 4.78 is 28.5. The average Bonchev–Trinajstić information content (AvgIpc) is 2.46. The van der Waals surface area contributed by atoms with Gasteiger partial charge in [-0.3, -0.25) is 0 Å². The summed E-state index contributed by atoms with van der Waals surface area (Å²) in [5.41, 5.74) is 1.78. The highest BCUT2D eigenvalue weighted by Crippen LogP contribution is 2.28. The summed E-state index contributed by atoms with van der Waals surface area (Å²) in [7, 11) is -1.57. The van der Waals surface area contributed by atoms with E-state index in [1.807, 2.05) is 37.3 Å². The van der Waals surface area contributed by atoms with Gasteiger partial charge in [-0.2, -0.15) is 0 Å². The monoisotopic (exact) mass is 305 g/mol. The molecule has 2 aromatic rings. The topological polar surface area (TPSA) is 55.4 Å². The van der Waals surface area contributed by atoms with E-state index in [2.05, 4.69) is 5.32 Å². The van der Waals surface area contributed by atoms with Crippen LogP contribution in [0.4, 0.5) is 5.69 Å². The number of para-hydroxylation sites is 1. The SMILES string of the molecule is COc1ccccc1C(C)Nc1cccc(S(C)(=O)=O)c1. The van der Waals surface area contributed by atoms with Crippen molar-refractivity contribution in [3.05, 3.63) is 54.1 Å². The van der Waals surface area contributed by atoms with E-state index in [1.54, 1.807) is 25.3 Å². The van der Waals surface area contributed by atoms with Gasteiger partial charge >= 0.3 is 0 Å². The Morgan fingerprint density at radius 3 is 2.48 bits per heavy atom. The smallest absolute Gasteiger partial charge is 0.175 e. The molecule has 0 bridgehead atoms. The van der Waals surface area contributed by atoms with Crippen molar-refractivity contribution in [3.63, 3.8) is 0 Å². The van der Waals surface area contributed by atoms with Crippen molar-refractivity contribution in [2.24, 2.45) is 0 Å². The van der Waals surface area contributed by atoms with Gasteiger partial charge in [0.15, 0.2) is 9.84 Å². The Morgan fingerprint density at radius 1 is 1.10 bits per heavy atom. The third kappa shape index (κ3) is 3.76. The largest absolute Gasteiger partial charge is 0.496 e. The van der Waals surface area contributed by atoms with Crippen LogP contribution in [-0.4, -0.2) is 21.8 Å². The first-order chi connectivity index (χ1) is 9.91. The van der Waals surface area contributed by atoms with Crippen molar-refractivity contribution in [2.45, 2.75) is 17.9 Å². The fourth-order valence-corrected chi connectivity index (χ4v) is 2.84. The summed E-state index contributed by atoms with van der Waals surface area (Å²) in [6.07, 6.45) is 1.20. The van der Waals surface area contributed by atoms with E-state index < -0.39 is 9.84 Å². The Kier molecular flexibility index (Phi) is 4.53. The van der Waals surface area contributed by atoms with Crippen LogP contribution in [0.1, 0.15) is 18.5 Å². The lowest BCUT2D eigenvalue weighted by molar-refractivity contribution is 0.408. The van der Waals surface area contributed by atoms with Crippen LogP contribution in [-0.2, 0) is 9.84 Å². The van der Waals surface area contributed by atoms with Crippen LogP contribution in [0.25, 0.3) is 0 Å². The lowest BCUT2D eigenvalue weighted by Crippen LogP contribution is -2.08. The molecule has 0 aromatic heterocycles. The van der Waals surface area contributed by atoms with E-state index >= 15 is 0 Å². The van der Waals surface area contributed by atoms with E-state index in [0.29, 0.717) is 4.90 Å². The number of anilines is 1. The summed E-state index contributed by atoms with van der Waals surface area (Å²) in [4.78, 5) is 0.305. The second kappa shape index (κ2) is 6.18. The number of nitrogens with one attached hydrogen (secondary N) is 1. The molecular weight excluding hydrogens is 286 g/mol. The third-order valence-electron chi connectivity index (χ3n) is 3.25. The number of ether oxygens (including phenoxy) is 1. The van der Waals surface area contributed by atoms with E-state index in [0.717, 1.165) is 17.0 Å². The summed E-state index contributed by atoms with van der Waals surface area (Å²) in [6, 6.07) is 14.6. The minimum absolute atomic E-state index is 0.00374. The highest BCUT2D eigenvalue weighted by atomic mass is 32.2. The summed E-state index contributed by atoms with van der Waals surface area (Å²) in [5, 5.41) is 3.30. The van der Waals surface area contributed by atoms with Crippen molar-refractivity contribution in [2.75, 3.05) is 18.7 Å². The molecular formula is C16H19NO3S. The van der Waals surface area contributed by atoms with Crippen LogP contribution in [0.2, 0.25) is 0 Å². The molecule has 5 heteroatoms. The molecule has 2 rings (SSSR count). The van der Waals surface area contributed by atoms with Crippen LogP contribution in [0, 0.1) is 0 Å². The Labute approximate surface area is 125 Å². The van der Waals surface area contributed by atoms with Crippen molar-refractivity contribution in [1.29, 1.82) is 0 Å². The first kappa shape index (κ1) is 15.4. The molecule has 2 aromatic carbocycles. The van der Waals surface area contributed by atoms with Crippen LogP contribution in [0.3, 0.4) is 0 Å². The zero-order valence-corrected chi connectivity index (χ0v) is 13.1. The Bertz CT molecular complexity index is 726. The van der Waals surface area contributed by atoms with Crippen molar-refractivity contribution >= 4 is 15.5 Å². The molecule has 0 spiro atoms. The van der Waals surface area contributed by atoms with Gasteiger partial charge in [0, 0.05) is 17.5 Å². The third-order valence-corrected chi connectivity index (χ3v) is 4.36. The molecule has 0 fully saturated rings. The molecule has 0 amide bonds. The number of hydrogen-bond acceptors (Lipinski definition) is 4. The van der Waals surface area contributed by atoms with E-state index in [4.69, 9.17) is 4.74 Å². The first-order valence-corrected chi connectivity index (χ1v) is 8.50. The first-order valence-electron chi connectivity index (χ1n) is 6.61. The van der Waals surface area contributed by atoms with Crippen LogP contribution < -0.4 is 10.1 Å². The Hall–Kier alpha value is -2.01. The van der Waals surface area contributed by atoms with Crippen molar-refractivity contribution in [1.82, 2.24) is 0 Å². The molecule has 21 heavy (non-hydrogen) atoms. The molecule has 0 aliphatic rings. The standard InChI is InChI=1S/C16H19NO3S/c1-12(15-9-4-5-10-16(15)20-2)17-13-7-6-8-14(11-13)21(3,18)19/h4-12,17H,1-3H3. The molecule has 1 unspecified atom stereocenters. The molecule has 0 aliphatic carbocycles. The zero-order valence-electron chi connectivity index (χ0n) is 12.3. The van der Waals surface area contributed by atoms with E-state index in [9.17, 15) is 8.42 Å². The highest BCUT2D eigenvalue weighted by Gasteiger charge is 2.12. The number of rotatable bonds is 5. The maximum absolute atomic E-state index is 11.6. The average molecular weight is 305 g/mol. The minimum Gasteiger partial charge on any atom is -0.496 e. The fourth-order valence-electron chi connectivity index (χ4n) is 2.17. The van der Waals surface area contributed by atoms with Gasteiger partial charge in [-0.1, -0.05) is 24.3 Å². The summed E-state index contributed by atoms with van der Waals surface area (Å²) in [5.74, 6) is 0.803. The predicted octanol–water partition coefficient (Wildman–Crippen LogP) is 3.27. The zero-order chi connectivity index (χ0) is 15.5. The van der Waals surface area contributed by atoms with Gasteiger partial charge in [0.1, 0.15) is 5.75 Å². The van der Waals surface area contributed by atoms with E-state index in [-0.39, 0.29) is 6.04 Å². The lowest BCUT2D eigenvalue weighted by Gasteiger charge is -2.18. The highest BCUT2D eigenvalue weighted by molar-refractivity contribution is 7.90. The lowest BCUT2D eigenvalue weighted by atomic mass is 10.1. The van der Waals surface area contributed by atoms with Crippen LogP contribution in [0.15, 0.2) is 53.4 Å². The second-order valence-corrected chi connectivity index (χ2v) is 6.92. The molecule has 1 atom stereocenters. The minimum atomic E-state index is -3.20. The molecule has 0 radical (unpaired) electrons. The maximum Gasteiger partial charge on any atom is 0.175 e. The predicted molar refractivity (Wildman–Crippen MR) is 84.6 cm³/mol. The molecule has 0 saturated heterocycles. The number of sulfone groups is 1. The molecule has 0 heterocycles. The van der Waals surface area contributed by atoms with Gasteiger partial charge in [0.2, 0.25) is 0 Å². The maximum atomic E-state index is 11.6. The number of hydrogen-bond donors (Lipinski definition) is 1. The van der Waals surface area contributed by atoms with Gasteiger partial charge in [-0.25, -0.2) is 8.42 Å². The fraction of sp³-hybridized carbons (Fsp3) is 0.250. The van der Waals surface area contributed by atoms with E-state index in [1.165, 1.54) is 6.26 Å². The molecule has 4 nitrogen and oxygen atoms in total. The van der Waals surface area contributed by atoms with Gasteiger partial charge in [0.25, 0.3) is 0 Å². The molecule has 0 aliphatic heterocycles. The quantitative estimate of drug-likeness (QED) is 0.921. The van der Waals surface area contributed by atoms with Gasteiger partial charge in [-0.05, 0) is 31.2 Å². The molecule has 0 saturated carbocycles. The van der Waals surface area contributed by atoms with Gasteiger partial charge in [-0.15, -0.1) is 0 Å². The summed E-state index contributed by atoms with van der Waals surface area (Å²) in [6.45, 7) is 2.00.